The molecule has 0 aliphatic heterocycles. The van der Waals surface area contributed by atoms with E-state index < -0.39 is 17.3 Å². The van der Waals surface area contributed by atoms with Crippen LogP contribution in [0.3, 0.4) is 0 Å². The van der Waals surface area contributed by atoms with Gasteiger partial charge in [0.05, 0.1) is 6.04 Å². The zero-order valence-corrected chi connectivity index (χ0v) is 18.9. The predicted octanol–water partition coefficient (Wildman–Crippen LogP) is 3.00. The van der Waals surface area contributed by atoms with Crippen LogP contribution < -0.4 is 11.2 Å². The number of Topliss-reactive ketones (excluding diaryl/α,β-unsaturated/α-hetero) is 1. The molecule has 0 amide bonds. The van der Waals surface area contributed by atoms with E-state index in [9.17, 15) is 14.4 Å². The Morgan fingerprint density at radius 2 is 1.93 bits per heavy atom. The maximum Gasteiger partial charge on any atom is 0.333 e. The topological polar surface area (TPSA) is 83.3 Å². The number of ketones is 1. The quantitative estimate of drug-likeness (QED) is 0.661. The van der Waals surface area contributed by atoms with Gasteiger partial charge >= 0.3 is 5.69 Å². The number of hydrogen-bond acceptors (Lipinski definition) is 4. The first-order chi connectivity index (χ1) is 13.9. The zero-order chi connectivity index (χ0) is 22.1. The Balaban J connectivity index is 2.02. The molecule has 1 fully saturated rings. The number of nitrogens with zero attached hydrogens (tertiary/aromatic N) is 5. The van der Waals surface area contributed by atoms with Gasteiger partial charge in [0.15, 0.2) is 16.9 Å². The Kier molecular flexibility index (Phi) is 4.60. The van der Waals surface area contributed by atoms with Crippen LogP contribution in [0.2, 0.25) is 0 Å². The van der Waals surface area contributed by atoms with Gasteiger partial charge in [-0.1, -0.05) is 20.8 Å². The Hall–Kier alpha value is -2.64. The van der Waals surface area contributed by atoms with Crippen LogP contribution in [0.1, 0.15) is 71.7 Å². The highest BCUT2D eigenvalue weighted by molar-refractivity contribution is 5.80. The molecule has 30 heavy (non-hydrogen) atoms. The van der Waals surface area contributed by atoms with E-state index in [1.165, 1.54) is 17.9 Å². The lowest BCUT2D eigenvalue weighted by Gasteiger charge is -2.39. The van der Waals surface area contributed by atoms with Crippen molar-refractivity contribution in [3.8, 4) is 0 Å². The van der Waals surface area contributed by atoms with Crippen LogP contribution in [0.25, 0.3) is 16.9 Å². The van der Waals surface area contributed by atoms with Crippen molar-refractivity contribution in [2.75, 3.05) is 0 Å². The average molecular weight is 414 g/mol. The van der Waals surface area contributed by atoms with E-state index in [0.717, 1.165) is 23.1 Å². The largest absolute Gasteiger partial charge is 0.333 e. The summed E-state index contributed by atoms with van der Waals surface area (Å²) in [5.74, 6) is 1.04. The van der Waals surface area contributed by atoms with Crippen LogP contribution in [0.15, 0.2) is 15.8 Å². The smallest absolute Gasteiger partial charge is 0.311 e. The summed E-state index contributed by atoms with van der Waals surface area (Å²) in [7, 11) is 1.60. The van der Waals surface area contributed by atoms with Gasteiger partial charge in [-0.3, -0.25) is 18.6 Å². The second kappa shape index (κ2) is 6.68. The molecule has 3 aromatic rings. The van der Waals surface area contributed by atoms with Gasteiger partial charge in [0, 0.05) is 25.0 Å². The third-order valence-corrected chi connectivity index (χ3v) is 6.72. The van der Waals surface area contributed by atoms with Gasteiger partial charge in [-0.2, -0.15) is 4.98 Å². The highest BCUT2D eigenvalue weighted by Crippen LogP contribution is 2.44. The van der Waals surface area contributed by atoms with Crippen LogP contribution in [-0.2, 0) is 11.8 Å². The van der Waals surface area contributed by atoms with E-state index in [4.69, 9.17) is 4.98 Å². The second-order valence-corrected chi connectivity index (χ2v) is 9.97. The summed E-state index contributed by atoms with van der Waals surface area (Å²) in [5.41, 5.74) is 0.964. The molecule has 1 aliphatic rings. The fourth-order valence-corrected chi connectivity index (χ4v) is 5.46. The molecule has 1 aliphatic carbocycles. The second-order valence-electron chi connectivity index (χ2n) is 9.97. The van der Waals surface area contributed by atoms with Crippen LogP contribution >= 0.6 is 0 Å². The van der Waals surface area contributed by atoms with Gasteiger partial charge in [0.2, 0.25) is 5.78 Å². The Morgan fingerprint density at radius 3 is 2.53 bits per heavy atom. The van der Waals surface area contributed by atoms with Crippen molar-refractivity contribution in [3.63, 3.8) is 0 Å². The summed E-state index contributed by atoms with van der Waals surface area (Å²) in [6, 6.07) is -0.539. The van der Waals surface area contributed by atoms with Crippen molar-refractivity contribution in [1.82, 2.24) is 23.1 Å². The van der Waals surface area contributed by atoms with Crippen LogP contribution in [0, 0.1) is 18.3 Å². The van der Waals surface area contributed by atoms with E-state index in [0.29, 0.717) is 22.9 Å². The van der Waals surface area contributed by atoms with Crippen molar-refractivity contribution in [2.24, 2.45) is 18.4 Å². The molecule has 0 unspecified atom stereocenters. The van der Waals surface area contributed by atoms with E-state index in [1.54, 1.807) is 18.4 Å². The van der Waals surface area contributed by atoms with Gasteiger partial charge in [0.1, 0.15) is 0 Å². The summed E-state index contributed by atoms with van der Waals surface area (Å²) >= 11 is 0. The number of carbonyl (C=O) groups is 1. The first kappa shape index (κ1) is 20.6. The SMILES string of the molecule is CC(=O)[C@H](C)n1c(=O)c2c(nc3n([C@@H]4C[C@@H](C)CC(C)(C)C4)c(C)cn23)n(C)c1=O. The lowest BCUT2D eigenvalue weighted by Crippen LogP contribution is -2.42. The van der Waals surface area contributed by atoms with E-state index in [-0.39, 0.29) is 17.2 Å². The maximum atomic E-state index is 13.3. The minimum atomic E-state index is -0.825. The minimum Gasteiger partial charge on any atom is -0.311 e. The summed E-state index contributed by atoms with van der Waals surface area (Å²) in [5, 5.41) is 0. The molecule has 8 nitrogen and oxygen atoms in total. The van der Waals surface area contributed by atoms with Crippen LogP contribution in [-0.4, -0.2) is 28.9 Å². The first-order valence-electron chi connectivity index (χ1n) is 10.6. The highest BCUT2D eigenvalue weighted by Gasteiger charge is 2.35. The van der Waals surface area contributed by atoms with Gasteiger partial charge in [-0.05, 0) is 51.4 Å². The summed E-state index contributed by atoms with van der Waals surface area (Å²) in [6.45, 7) is 11.9. The molecule has 1 saturated carbocycles. The zero-order valence-electron chi connectivity index (χ0n) is 18.9. The molecule has 8 heteroatoms. The number of aromatic nitrogens is 5. The lowest BCUT2D eigenvalue weighted by atomic mass is 9.70. The first-order valence-corrected chi connectivity index (χ1v) is 10.6. The number of aryl methyl sites for hydroxylation is 2. The van der Waals surface area contributed by atoms with Gasteiger partial charge in [0.25, 0.3) is 5.56 Å². The van der Waals surface area contributed by atoms with Crippen LogP contribution in [0.4, 0.5) is 0 Å². The molecule has 0 spiro atoms. The molecule has 0 bridgehead atoms. The maximum absolute atomic E-state index is 13.3. The van der Waals surface area contributed by atoms with Crippen LogP contribution in [0.5, 0.6) is 0 Å². The lowest BCUT2D eigenvalue weighted by molar-refractivity contribution is -0.119. The normalized spacial score (nSPS) is 22.6. The number of hydrogen-bond donors (Lipinski definition) is 0. The third kappa shape index (κ3) is 2.96. The Morgan fingerprint density at radius 1 is 1.27 bits per heavy atom. The molecule has 0 saturated heterocycles. The van der Waals surface area contributed by atoms with Crippen molar-refractivity contribution in [1.29, 1.82) is 0 Å². The monoisotopic (exact) mass is 413 g/mol. The van der Waals surface area contributed by atoms with Crippen molar-refractivity contribution >= 4 is 22.7 Å². The van der Waals surface area contributed by atoms with Crippen molar-refractivity contribution in [2.45, 2.75) is 72.9 Å². The van der Waals surface area contributed by atoms with E-state index >= 15 is 0 Å². The minimum absolute atomic E-state index is 0.235. The van der Waals surface area contributed by atoms with Gasteiger partial charge < -0.3 is 4.57 Å². The third-order valence-electron chi connectivity index (χ3n) is 6.72. The van der Waals surface area contributed by atoms with Crippen molar-refractivity contribution < 1.29 is 4.79 Å². The van der Waals surface area contributed by atoms with E-state index in [2.05, 4.69) is 25.3 Å². The molecule has 0 N–H and O–H groups in total. The van der Waals surface area contributed by atoms with Gasteiger partial charge in [-0.25, -0.2) is 9.36 Å². The number of fused-ring (bicyclic) bond motifs is 3. The number of carbonyl (C=O) groups excluding carboxylic acids is 1. The highest BCUT2D eigenvalue weighted by atomic mass is 16.2. The van der Waals surface area contributed by atoms with Gasteiger partial charge in [-0.15, -0.1) is 0 Å². The Bertz CT molecular complexity index is 1290. The van der Waals surface area contributed by atoms with E-state index in [1.807, 2.05) is 13.1 Å². The summed E-state index contributed by atoms with van der Waals surface area (Å²) < 4.78 is 6.43. The molecular formula is C22H31N5O3. The Labute approximate surface area is 175 Å². The molecule has 0 aromatic carbocycles. The number of rotatable bonds is 3. The average Bonchev–Trinajstić information content (AvgIpc) is 3.12. The molecule has 0 radical (unpaired) electrons. The molecule has 3 atom stereocenters. The fraction of sp³-hybridized carbons (Fsp3) is 0.636. The fourth-order valence-electron chi connectivity index (χ4n) is 5.46. The molecule has 3 aromatic heterocycles. The summed E-state index contributed by atoms with van der Waals surface area (Å²) in [6.07, 6.45) is 5.21. The molecular weight excluding hydrogens is 382 g/mol. The van der Waals surface area contributed by atoms with Crippen molar-refractivity contribution in [3.05, 3.63) is 32.7 Å². The molecule has 4 rings (SSSR count). The molecule has 162 valence electrons. The standard InChI is InChI=1S/C22H31N5O3/c1-12-8-16(10-22(5,6)9-12)26-13(2)11-25-17-18(23-20(25)26)24(7)21(30)27(19(17)29)14(3)15(4)28/h11-12,14,16H,8-10H2,1-7H3/t12-,14+,16-/m1/s1. The molecule has 3 heterocycles. The predicted molar refractivity (Wildman–Crippen MR) is 116 cm³/mol. The summed E-state index contributed by atoms with van der Waals surface area (Å²) in [4.78, 5) is 42.8. The number of imidazole rings is 2.